The summed E-state index contributed by atoms with van der Waals surface area (Å²) in [5, 5.41) is 16.7. The minimum absolute atomic E-state index is 0.0136. The first kappa shape index (κ1) is 40.4. The van der Waals surface area contributed by atoms with Gasteiger partial charge in [-0.1, -0.05) is 18.7 Å². The molecule has 16 nitrogen and oxygen atoms in total. The van der Waals surface area contributed by atoms with Gasteiger partial charge in [-0.15, -0.1) is 0 Å². The number of likely N-dealkylation sites (N-methyl/N-ethyl adjacent to an activating group) is 1. The number of hydrogen-bond acceptors (Lipinski definition) is 14. The van der Waals surface area contributed by atoms with Crippen molar-refractivity contribution in [1.29, 1.82) is 5.26 Å². The summed E-state index contributed by atoms with van der Waals surface area (Å²) in [4.78, 5) is 43.7. The highest BCUT2D eigenvalue weighted by atomic mass is 16.7. The van der Waals surface area contributed by atoms with Crippen LogP contribution in [0.5, 0.6) is 28.7 Å². The van der Waals surface area contributed by atoms with Crippen LogP contribution < -0.4 is 34.3 Å². The van der Waals surface area contributed by atoms with Gasteiger partial charge in [0.15, 0.2) is 29.8 Å². The lowest BCUT2D eigenvalue weighted by molar-refractivity contribution is -0.123. The number of alkyl carbamates (subject to hydrolysis) is 1. The molecule has 0 saturated carbocycles. The number of nitrogens with zero attached hydrogens (tertiary/aromatic N) is 3. The van der Waals surface area contributed by atoms with E-state index in [4.69, 9.17) is 37.9 Å². The van der Waals surface area contributed by atoms with E-state index in [1.165, 1.54) is 6.08 Å². The van der Waals surface area contributed by atoms with E-state index >= 15 is 0 Å². The molecular formula is C40H51N5O11. The third-order valence-corrected chi connectivity index (χ3v) is 10.7. The number of piperazine rings is 1. The maximum Gasteiger partial charge on any atom is 0.514 e. The molecule has 0 aromatic heterocycles. The molecule has 2 amide bonds. The zero-order valence-corrected chi connectivity index (χ0v) is 33.4. The van der Waals surface area contributed by atoms with Crippen LogP contribution in [0.1, 0.15) is 73.2 Å². The van der Waals surface area contributed by atoms with Crippen LogP contribution in [0.15, 0.2) is 18.7 Å². The summed E-state index contributed by atoms with van der Waals surface area (Å²) in [5.41, 5.74) is 3.80. The number of aryl methyl sites for hydroxylation is 1. The van der Waals surface area contributed by atoms with E-state index in [1.807, 2.05) is 14.0 Å². The summed E-state index contributed by atoms with van der Waals surface area (Å²) in [7, 11) is 5.14. The first-order valence-electron chi connectivity index (χ1n) is 18.5. The van der Waals surface area contributed by atoms with Gasteiger partial charge in [0.2, 0.25) is 12.7 Å². The van der Waals surface area contributed by atoms with Gasteiger partial charge in [0.25, 0.3) is 0 Å². The van der Waals surface area contributed by atoms with Crippen LogP contribution in [0, 0.1) is 25.2 Å². The fraction of sp³-hybridized carbons (Fsp3) is 0.550. The fourth-order valence-corrected chi connectivity index (χ4v) is 8.54. The number of fused-ring (bicyclic) bond motifs is 9. The lowest BCUT2D eigenvalue weighted by Crippen LogP contribution is -2.69. The Morgan fingerprint density at radius 2 is 1.82 bits per heavy atom. The number of amides is 2. The number of rotatable bonds is 11. The number of benzene rings is 2. The van der Waals surface area contributed by atoms with Crippen LogP contribution in [0.25, 0.3) is 0 Å². The smallest absolute Gasteiger partial charge is 0.493 e. The Bertz CT molecular complexity index is 1940. The molecule has 0 aliphatic carbocycles. The third-order valence-electron chi connectivity index (χ3n) is 10.7. The Balaban J connectivity index is 1.52. The van der Waals surface area contributed by atoms with E-state index in [-0.39, 0.29) is 51.0 Å². The molecular weight excluding hydrogens is 726 g/mol. The van der Waals surface area contributed by atoms with Crippen LogP contribution in [-0.2, 0) is 31.8 Å². The highest BCUT2D eigenvalue weighted by molar-refractivity contribution is 5.85. The second-order valence-corrected chi connectivity index (χ2v) is 15.3. The summed E-state index contributed by atoms with van der Waals surface area (Å²) in [6.07, 6.45) is 0.582. The number of hydrogen-bond donors (Lipinski definition) is 2. The Kier molecular flexibility index (Phi) is 11.6. The number of nitrogens with one attached hydrogen (secondary N) is 2. The van der Waals surface area contributed by atoms with Gasteiger partial charge in [0.05, 0.1) is 25.3 Å². The lowest BCUT2D eigenvalue weighted by atomic mass is 9.71. The minimum atomic E-state index is -0.966. The Hall–Kier alpha value is -5.24. The van der Waals surface area contributed by atoms with Crippen LogP contribution >= 0.6 is 0 Å². The Labute approximate surface area is 326 Å². The zero-order valence-electron chi connectivity index (χ0n) is 33.4. The lowest BCUT2D eigenvalue weighted by Gasteiger charge is -2.60. The average Bonchev–Trinajstić information content (AvgIpc) is 3.63. The molecule has 2 bridgehead atoms. The van der Waals surface area contributed by atoms with Crippen molar-refractivity contribution in [1.82, 2.24) is 20.4 Å². The summed E-state index contributed by atoms with van der Waals surface area (Å²) in [6.45, 7) is 13.9. The first-order valence-corrected chi connectivity index (χ1v) is 18.5. The van der Waals surface area contributed by atoms with Crippen molar-refractivity contribution in [2.75, 3.05) is 48.0 Å². The summed E-state index contributed by atoms with van der Waals surface area (Å²) in [6, 6.07) is 1.26. The third kappa shape index (κ3) is 7.38. The van der Waals surface area contributed by atoms with Crippen LogP contribution in [-0.4, -0.2) is 106 Å². The molecule has 302 valence electrons. The minimum Gasteiger partial charge on any atom is -0.493 e. The highest BCUT2D eigenvalue weighted by Gasteiger charge is 2.57. The molecule has 56 heavy (non-hydrogen) atoms. The number of carbonyl (C=O) groups is 3. The average molecular weight is 778 g/mol. The molecule has 2 N–H and O–H groups in total. The van der Waals surface area contributed by atoms with Gasteiger partial charge in [-0.25, -0.2) is 9.59 Å². The van der Waals surface area contributed by atoms with Gasteiger partial charge in [-0.3, -0.25) is 14.6 Å². The van der Waals surface area contributed by atoms with E-state index in [0.29, 0.717) is 46.1 Å². The molecule has 1 fully saturated rings. The SMILES string of the molecule is C=CCOC(=O)Oc1c(C)c2c(c3c1CC1[C@H]4c5c(cc(C)c(OC)c5OCOC)C[C@@H]([C@H](C#N)N1[C@H]3CNC(=O)[C@H](C)NC(=O)OC(C)(C)C)N4C)OCO2. The number of carbonyl (C=O) groups excluding carboxylic acids is 3. The second-order valence-electron chi connectivity index (χ2n) is 15.3. The van der Waals surface area contributed by atoms with Gasteiger partial charge in [-0.05, 0) is 72.6 Å². The zero-order chi connectivity index (χ0) is 40.6. The molecule has 6 atom stereocenters. The first-order chi connectivity index (χ1) is 26.6. The normalized spacial score (nSPS) is 22.6. The summed E-state index contributed by atoms with van der Waals surface area (Å²) >= 11 is 0. The Morgan fingerprint density at radius 3 is 2.48 bits per heavy atom. The molecule has 6 rings (SSSR count). The van der Waals surface area contributed by atoms with Crippen molar-refractivity contribution in [3.63, 3.8) is 0 Å². The fourth-order valence-electron chi connectivity index (χ4n) is 8.54. The largest absolute Gasteiger partial charge is 0.514 e. The second kappa shape index (κ2) is 16.1. The van der Waals surface area contributed by atoms with Gasteiger partial charge in [-0.2, -0.15) is 5.26 Å². The van der Waals surface area contributed by atoms with Crippen molar-refractivity contribution >= 4 is 18.2 Å². The Morgan fingerprint density at radius 1 is 1.09 bits per heavy atom. The number of nitriles is 1. The topological polar surface area (TPSA) is 179 Å². The summed E-state index contributed by atoms with van der Waals surface area (Å²) in [5.74, 6) is 1.69. The molecule has 4 heterocycles. The van der Waals surface area contributed by atoms with Gasteiger partial charge >= 0.3 is 12.2 Å². The highest BCUT2D eigenvalue weighted by Crippen LogP contribution is 2.58. The van der Waals surface area contributed by atoms with Crippen molar-refractivity contribution in [2.24, 2.45) is 0 Å². The molecule has 1 saturated heterocycles. The molecule has 0 spiro atoms. The van der Waals surface area contributed by atoms with Crippen LogP contribution in [0.3, 0.4) is 0 Å². The predicted octanol–water partition coefficient (Wildman–Crippen LogP) is 4.53. The van der Waals surface area contributed by atoms with E-state index in [1.54, 1.807) is 48.8 Å². The summed E-state index contributed by atoms with van der Waals surface area (Å²) < 4.78 is 46.3. The van der Waals surface area contributed by atoms with E-state index in [2.05, 4.69) is 39.1 Å². The van der Waals surface area contributed by atoms with Gasteiger partial charge in [0.1, 0.15) is 30.0 Å². The van der Waals surface area contributed by atoms with E-state index in [0.717, 1.165) is 16.7 Å². The molecule has 4 aliphatic rings. The van der Waals surface area contributed by atoms with Crippen molar-refractivity contribution in [3.05, 3.63) is 52.1 Å². The van der Waals surface area contributed by atoms with E-state index < -0.39 is 47.9 Å². The quantitative estimate of drug-likeness (QED) is 0.141. The molecule has 2 aromatic carbocycles. The number of methoxy groups -OCH3 is 2. The van der Waals surface area contributed by atoms with Crippen molar-refractivity contribution < 1.29 is 52.3 Å². The molecule has 4 aliphatic heterocycles. The van der Waals surface area contributed by atoms with Gasteiger partial charge < -0.3 is 48.5 Å². The van der Waals surface area contributed by atoms with Crippen molar-refractivity contribution in [2.45, 2.75) is 96.2 Å². The maximum absolute atomic E-state index is 13.7. The van der Waals surface area contributed by atoms with Crippen LogP contribution in [0.2, 0.25) is 0 Å². The standard InChI is InChI=1S/C40H51N5O11/c1-11-12-51-39(48)55-33-21(3)34-36(54-19-53-34)30-24(33)15-26-31-29-23(13-20(2)32(50-10)35(29)52-18-49-9)14-25(44(31)8)27(16-41)45(26)28(30)17-42-37(46)22(4)43-38(47)56-40(5,6)7/h11,13,22,25-28,31H,1,12,14-15,17-19H2,2-10H3,(H,42,46)(H,43,47)/t22-,25-,26?,27-,28-,31-/m0/s1. The van der Waals surface area contributed by atoms with Crippen LogP contribution in [0.4, 0.5) is 9.59 Å². The molecule has 1 unspecified atom stereocenters. The van der Waals surface area contributed by atoms with Gasteiger partial charge in [0, 0.05) is 48.0 Å². The number of ether oxygens (including phenoxy) is 8. The predicted molar refractivity (Wildman–Crippen MR) is 201 cm³/mol. The van der Waals surface area contributed by atoms with Crippen molar-refractivity contribution in [3.8, 4) is 34.8 Å². The monoisotopic (exact) mass is 777 g/mol. The maximum atomic E-state index is 13.7. The molecule has 2 aromatic rings. The van der Waals surface area contributed by atoms with E-state index in [9.17, 15) is 19.6 Å². The molecule has 16 heteroatoms. The molecule has 0 radical (unpaired) electrons.